The van der Waals surface area contributed by atoms with Crippen LogP contribution >= 0.6 is 23.4 Å². The summed E-state index contributed by atoms with van der Waals surface area (Å²) in [7, 11) is 0. The fourth-order valence-electron chi connectivity index (χ4n) is 1.53. The minimum Gasteiger partial charge on any atom is -0.362 e. The predicted octanol–water partition coefficient (Wildman–Crippen LogP) is 2.96. The van der Waals surface area contributed by atoms with Crippen molar-refractivity contribution in [1.82, 2.24) is 5.32 Å². The van der Waals surface area contributed by atoms with Gasteiger partial charge in [-0.3, -0.25) is 4.99 Å². The molecule has 1 aliphatic rings. The zero-order chi connectivity index (χ0) is 11.4. The highest BCUT2D eigenvalue weighted by atomic mass is 35.5. The van der Waals surface area contributed by atoms with E-state index in [0.717, 1.165) is 28.9 Å². The van der Waals surface area contributed by atoms with Crippen molar-refractivity contribution in [1.29, 1.82) is 0 Å². The highest BCUT2D eigenvalue weighted by molar-refractivity contribution is 8.14. The molecular formula is C12H15ClN2S. The zero-order valence-corrected chi connectivity index (χ0v) is 10.8. The minimum atomic E-state index is 0.555. The van der Waals surface area contributed by atoms with Gasteiger partial charge in [-0.2, -0.15) is 0 Å². The standard InChI is InChI=1S/C12H15ClN2S/c1-9-8-16-12(15-9)14-7-6-10-2-4-11(13)5-3-10/h2-5,9H,6-8H2,1H3,(H,14,15). The molecule has 86 valence electrons. The van der Waals surface area contributed by atoms with Gasteiger partial charge in [-0.1, -0.05) is 35.5 Å². The maximum atomic E-state index is 5.82. The van der Waals surface area contributed by atoms with Crippen molar-refractivity contribution in [2.75, 3.05) is 12.3 Å². The van der Waals surface area contributed by atoms with Gasteiger partial charge < -0.3 is 5.32 Å². The van der Waals surface area contributed by atoms with Crippen molar-refractivity contribution in [2.45, 2.75) is 19.4 Å². The van der Waals surface area contributed by atoms with E-state index in [4.69, 9.17) is 11.6 Å². The van der Waals surface area contributed by atoms with Gasteiger partial charge in [0.2, 0.25) is 0 Å². The van der Waals surface area contributed by atoms with E-state index >= 15 is 0 Å². The molecule has 4 heteroatoms. The Hall–Kier alpha value is -0.670. The fraction of sp³-hybridized carbons (Fsp3) is 0.417. The van der Waals surface area contributed by atoms with Crippen LogP contribution in [0, 0.1) is 0 Å². The molecule has 0 spiro atoms. The SMILES string of the molecule is CC1CSC(=NCCc2ccc(Cl)cc2)N1. The van der Waals surface area contributed by atoms with E-state index in [0.29, 0.717) is 6.04 Å². The molecule has 0 aromatic heterocycles. The first-order chi connectivity index (χ1) is 7.74. The molecule has 1 unspecified atom stereocenters. The Labute approximate surface area is 105 Å². The van der Waals surface area contributed by atoms with Crippen molar-refractivity contribution in [2.24, 2.45) is 4.99 Å². The molecule has 1 N–H and O–H groups in total. The number of halogens is 1. The second-order valence-corrected chi connectivity index (χ2v) is 5.36. The number of aliphatic imine (C=N–C) groups is 1. The molecular weight excluding hydrogens is 240 g/mol. The Morgan fingerprint density at radius 2 is 2.19 bits per heavy atom. The molecule has 2 nitrogen and oxygen atoms in total. The number of thioether (sulfide) groups is 1. The van der Waals surface area contributed by atoms with Crippen molar-refractivity contribution in [3.05, 3.63) is 34.9 Å². The number of hydrogen-bond donors (Lipinski definition) is 1. The lowest BCUT2D eigenvalue weighted by atomic mass is 10.2. The molecule has 16 heavy (non-hydrogen) atoms. The Morgan fingerprint density at radius 3 is 2.81 bits per heavy atom. The smallest absolute Gasteiger partial charge is 0.156 e. The first-order valence-corrected chi connectivity index (χ1v) is 6.78. The van der Waals surface area contributed by atoms with Gasteiger partial charge in [-0.15, -0.1) is 0 Å². The third kappa shape index (κ3) is 3.42. The molecule has 1 fully saturated rings. The van der Waals surface area contributed by atoms with Gasteiger partial charge in [-0.25, -0.2) is 0 Å². The maximum Gasteiger partial charge on any atom is 0.156 e. The Balaban J connectivity index is 1.81. The van der Waals surface area contributed by atoms with E-state index in [2.05, 4.69) is 29.4 Å². The van der Waals surface area contributed by atoms with Gasteiger partial charge in [0.15, 0.2) is 5.17 Å². The molecule has 1 saturated heterocycles. The summed E-state index contributed by atoms with van der Waals surface area (Å²) in [6, 6.07) is 8.52. The summed E-state index contributed by atoms with van der Waals surface area (Å²) in [5.41, 5.74) is 1.28. The summed E-state index contributed by atoms with van der Waals surface area (Å²) in [5, 5.41) is 5.21. The van der Waals surface area contributed by atoms with Crippen molar-refractivity contribution in [3.8, 4) is 0 Å². The fourth-order valence-corrected chi connectivity index (χ4v) is 2.61. The first-order valence-electron chi connectivity index (χ1n) is 5.42. The zero-order valence-electron chi connectivity index (χ0n) is 9.24. The lowest BCUT2D eigenvalue weighted by molar-refractivity contribution is 0.764. The van der Waals surface area contributed by atoms with Gasteiger partial charge in [0.05, 0.1) is 0 Å². The van der Waals surface area contributed by atoms with Crippen LogP contribution in [0.15, 0.2) is 29.3 Å². The third-order valence-electron chi connectivity index (χ3n) is 2.41. The Morgan fingerprint density at radius 1 is 1.44 bits per heavy atom. The molecule has 0 saturated carbocycles. The highest BCUT2D eigenvalue weighted by Crippen LogP contribution is 2.13. The van der Waals surface area contributed by atoms with Gasteiger partial charge >= 0.3 is 0 Å². The number of nitrogens with zero attached hydrogens (tertiary/aromatic N) is 1. The van der Waals surface area contributed by atoms with Crippen LogP contribution in [0.25, 0.3) is 0 Å². The van der Waals surface area contributed by atoms with E-state index in [-0.39, 0.29) is 0 Å². The van der Waals surface area contributed by atoms with E-state index in [1.54, 1.807) is 11.8 Å². The van der Waals surface area contributed by atoms with Crippen LogP contribution in [-0.4, -0.2) is 23.5 Å². The van der Waals surface area contributed by atoms with Crippen molar-refractivity contribution < 1.29 is 0 Å². The predicted molar refractivity (Wildman–Crippen MR) is 72.5 cm³/mol. The molecule has 1 aromatic carbocycles. The molecule has 0 amide bonds. The molecule has 1 atom stereocenters. The summed E-state index contributed by atoms with van der Waals surface area (Å²) in [6.45, 7) is 3.01. The second kappa shape index (κ2) is 5.60. The van der Waals surface area contributed by atoms with E-state index in [1.807, 2.05) is 12.1 Å². The molecule has 1 aromatic rings. The average molecular weight is 255 g/mol. The third-order valence-corrected chi connectivity index (χ3v) is 3.85. The topological polar surface area (TPSA) is 24.4 Å². The summed E-state index contributed by atoms with van der Waals surface area (Å²) in [5.74, 6) is 1.12. The molecule has 1 aliphatic heterocycles. The molecule has 0 bridgehead atoms. The average Bonchev–Trinajstić information content (AvgIpc) is 2.67. The van der Waals surface area contributed by atoms with Crippen LogP contribution in [0.5, 0.6) is 0 Å². The van der Waals surface area contributed by atoms with Gasteiger partial charge in [-0.05, 0) is 31.0 Å². The number of amidine groups is 1. The van der Waals surface area contributed by atoms with Crippen LogP contribution in [0.2, 0.25) is 5.02 Å². The number of nitrogens with one attached hydrogen (secondary N) is 1. The van der Waals surface area contributed by atoms with Crippen LogP contribution in [-0.2, 0) is 6.42 Å². The number of rotatable bonds is 3. The first kappa shape index (κ1) is 11.8. The summed E-state index contributed by atoms with van der Waals surface area (Å²) in [4.78, 5) is 4.53. The van der Waals surface area contributed by atoms with E-state index in [1.165, 1.54) is 5.56 Å². The lowest BCUT2D eigenvalue weighted by Crippen LogP contribution is -2.23. The quantitative estimate of drug-likeness (QED) is 0.897. The lowest BCUT2D eigenvalue weighted by Gasteiger charge is -2.01. The van der Waals surface area contributed by atoms with Gasteiger partial charge in [0.25, 0.3) is 0 Å². The van der Waals surface area contributed by atoms with Crippen LogP contribution in [0.1, 0.15) is 12.5 Å². The van der Waals surface area contributed by atoms with Crippen LogP contribution in [0.3, 0.4) is 0 Å². The summed E-state index contributed by atoms with van der Waals surface area (Å²) >= 11 is 7.63. The van der Waals surface area contributed by atoms with Gasteiger partial charge in [0, 0.05) is 23.4 Å². The Kier molecular flexibility index (Phi) is 4.13. The summed E-state index contributed by atoms with van der Waals surface area (Å²) in [6.07, 6.45) is 0.970. The molecule has 0 radical (unpaired) electrons. The van der Waals surface area contributed by atoms with E-state index in [9.17, 15) is 0 Å². The summed E-state index contributed by atoms with van der Waals surface area (Å²) < 4.78 is 0. The van der Waals surface area contributed by atoms with Crippen molar-refractivity contribution in [3.63, 3.8) is 0 Å². The second-order valence-electron chi connectivity index (χ2n) is 3.92. The van der Waals surface area contributed by atoms with E-state index < -0.39 is 0 Å². The Bertz CT molecular complexity index is 375. The largest absolute Gasteiger partial charge is 0.362 e. The molecule has 0 aliphatic carbocycles. The van der Waals surface area contributed by atoms with Crippen LogP contribution < -0.4 is 5.32 Å². The number of hydrogen-bond acceptors (Lipinski definition) is 2. The molecule has 1 heterocycles. The monoisotopic (exact) mass is 254 g/mol. The molecule has 2 rings (SSSR count). The van der Waals surface area contributed by atoms with Crippen molar-refractivity contribution >= 4 is 28.5 Å². The van der Waals surface area contributed by atoms with Crippen LogP contribution in [0.4, 0.5) is 0 Å². The number of benzene rings is 1. The normalized spacial score (nSPS) is 22.4. The minimum absolute atomic E-state index is 0.555. The van der Waals surface area contributed by atoms with Gasteiger partial charge in [0.1, 0.15) is 0 Å². The maximum absolute atomic E-state index is 5.82. The highest BCUT2D eigenvalue weighted by Gasteiger charge is 2.14.